The van der Waals surface area contributed by atoms with Crippen LogP contribution in [0.1, 0.15) is 0 Å². The van der Waals surface area contributed by atoms with E-state index in [0.717, 1.165) is 48.5 Å². The van der Waals surface area contributed by atoms with Crippen molar-refractivity contribution in [3.8, 4) is 34.0 Å². The Morgan fingerprint density at radius 3 is 1.77 bits per heavy atom. The average molecular weight is 901 g/mol. The molecule has 0 atom stereocenters. The molecule has 6 aromatic heterocycles. The molecular weight excluding hydrogens is 868 g/mol. The second kappa shape index (κ2) is 15.0. The Labute approximate surface area is 361 Å². The molecule has 0 spiro atoms. The standard InChI is InChI=1S/C26H15Br2N3.C26H17N3/c27-16-8-11-25-20(13-16)21-14-22(28)18-5-1-2-6-19(18)26(21)31(25)17-9-10-24(30-15-17)23-7-3-4-12-29-23;1-2-8-21-18(6-1)11-13-23-22-9-3-4-10-25(22)29(26(21)23)20-12-14-24(28-17-20)19-7-5-15-27-16-19/h1-15H;1-17H. The SMILES string of the molecule is Brc1ccc2c(c1)c1cc(Br)c3ccccc3c1n2-c1ccc(-c2ccccn2)nc1.c1cncc(-c2ccc(-n3c4ccccc4c4ccc5ccccc5c43)cn2)c1. The second-order valence-electron chi connectivity index (χ2n) is 14.6. The van der Waals surface area contributed by atoms with E-state index in [1.54, 1.807) is 12.4 Å². The summed E-state index contributed by atoms with van der Waals surface area (Å²) >= 11 is 7.43. The number of hydrogen-bond donors (Lipinski definition) is 0. The number of hydrogen-bond acceptors (Lipinski definition) is 4. The fourth-order valence-corrected chi connectivity index (χ4v) is 9.39. The predicted molar refractivity (Wildman–Crippen MR) is 254 cm³/mol. The monoisotopic (exact) mass is 898 g/mol. The van der Waals surface area contributed by atoms with E-state index in [4.69, 9.17) is 9.97 Å². The van der Waals surface area contributed by atoms with Crippen LogP contribution >= 0.6 is 31.9 Å². The van der Waals surface area contributed by atoms with E-state index in [-0.39, 0.29) is 0 Å². The van der Waals surface area contributed by atoms with Gasteiger partial charge in [0.1, 0.15) is 0 Å². The van der Waals surface area contributed by atoms with E-state index in [0.29, 0.717) is 0 Å². The van der Waals surface area contributed by atoms with Crippen molar-refractivity contribution in [1.29, 1.82) is 0 Å². The van der Waals surface area contributed by atoms with Crippen molar-refractivity contribution in [3.63, 3.8) is 0 Å². The van der Waals surface area contributed by atoms with E-state index in [2.05, 4.69) is 178 Å². The molecule has 6 nitrogen and oxygen atoms in total. The van der Waals surface area contributed by atoms with Crippen LogP contribution in [0.5, 0.6) is 0 Å². The predicted octanol–water partition coefficient (Wildman–Crippen LogP) is 14.3. The van der Waals surface area contributed by atoms with E-state index in [1.807, 2.05) is 55.0 Å². The normalized spacial score (nSPS) is 11.5. The smallest absolute Gasteiger partial charge is 0.0887 e. The zero-order valence-electron chi connectivity index (χ0n) is 31.9. The minimum absolute atomic E-state index is 0.862. The Bertz CT molecular complexity index is 3550. The molecule has 0 N–H and O–H groups in total. The zero-order chi connectivity index (χ0) is 40.2. The first-order chi connectivity index (χ1) is 29.6. The first kappa shape index (κ1) is 36.1. The third-order valence-electron chi connectivity index (χ3n) is 11.1. The summed E-state index contributed by atoms with van der Waals surface area (Å²) in [5.41, 5.74) is 10.5. The molecular formula is C52H32Br2N6. The van der Waals surface area contributed by atoms with E-state index in [1.165, 1.54) is 59.6 Å². The number of para-hydroxylation sites is 1. The van der Waals surface area contributed by atoms with Gasteiger partial charge in [-0.25, -0.2) is 0 Å². The quantitative estimate of drug-likeness (QED) is 0.177. The number of pyridine rings is 4. The number of benzene rings is 6. The maximum Gasteiger partial charge on any atom is 0.0887 e. The first-order valence-corrected chi connectivity index (χ1v) is 21.2. The molecule has 0 bridgehead atoms. The maximum atomic E-state index is 4.74. The van der Waals surface area contributed by atoms with Crippen LogP contribution in [0.25, 0.3) is 99.2 Å². The lowest BCUT2D eigenvalue weighted by molar-refractivity contribution is 1.14. The van der Waals surface area contributed by atoms with Gasteiger partial charge in [-0.05, 0) is 89.6 Å². The van der Waals surface area contributed by atoms with Crippen molar-refractivity contribution < 1.29 is 0 Å². The molecule has 60 heavy (non-hydrogen) atoms. The lowest BCUT2D eigenvalue weighted by Gasteiger charge is -2.11. The van der Waals surface area contributed by atoms with Gasteiger partial charge in [-0.15, -0.1) is 0 Å². The lowest BCUT2D eigenvalue weighted by Crippen LogP contribution is -1.96. The molecule has 6 heterocycles. The van der Waals surface area contributed by atoms with Crippen molar-refractivity contribution >= 4 is 97.0 Å². The topological polar surface area (TPSA) is 61.4 Å². The highest BCUT2D eigenvalue weighted by atomic mass is 79.9. The summed E-state index contributed by atoms with van der Waals surface area (Å²) in [5, 5.41) is 9.80. The molecule has 0 unspecified atom stereocenters. The van der Waals surface area contributed by atoms with Crippen molar-refractivity contribution in [2.45, 2.75) is 0 Å². The molecule has 8 heteroatoms. The van der Waals surface area contributed by atoms with Crippen LogP contribution in [0.15, 0.2) is 204 Å². The maximum absolute atomic E-state index is 4.74. The Balaban J connectivity index is 0.000000136. The Kier molecular flexibility index (Phi) is 9.02. The summed E-state index contributed by atoms with van der Waals surface area (Å²) in [5.74, 6) is 0. The van der Waals surface area contributed by atoms with Gasteiger partial charge < -0.3 is 9.13 Å². The van der Waals surface area contributed by atoms with Crippen molar-refractivity contribution in [3.05, 3.63) is 204 Å². The van der Waals surface area contributed by atoms with Crippen LogP contribution in [0, 0.1) is 0 Å². The second-order valence-corrected chi connectivity index (χ2v) is 16.4. The van der Waals surface area contributed by atoms with Gasteiger partial charge in [0.2, 0.25) is 0 Å². The van der Waals surface area contributed by atoms with Gasteiger partial charge in [-0.1, -0.05) is 117 Å². The van der Waals surface area contributed by atoms with E-state index in [9.17, 15) is 0 Å². The highest BCUT2D eigenvalue weighted by Crippen LogP contribution is 2.41. The molecule has 0 aliphatic rings. The molecule has 0 radical (unpaired) electrons. The van der Waals surface area contributed by atoms with Crippen LogP contribution < -0.4 is 0 Å². The summed E-state index contributed by atoms with van der Waals surface area (Å²) in [4.78, 5) is 18.1. The summed E-state index contributed by atoms with van der Waals surface area (Å²) in [7, 11) is 0. The van der Waals surface area contributed by atoms with Gasteiger partial charge in [0.05, 0.1) is 62.9 Å². The summed E-state index contributed by atoms with van der Waals surface area (Å²) in [6.45, 7) is 0. The fraction of sp³-hybridized carbons (Fsp3) is 0. The largest absolute Gasteiger partial charge is 0.307 e. The number of aromatic nitrogens is 6. The number of rotatable bonds is 4. The summed E-state index contributed by atoms with van der Waals surface area (Å²) in [6.07, 6.45) is 9.30. The highest BCUT2D eigenvalue weighted by Gasteiger charge is 2.18. The molecule has 0 saturated carbocycles. The third-order valence-corrected chi connectivity index (χ3v) is 12.3. The third kappa shape index (κ3) is 6.15. The zero-order valence-corrected chi connectivity index (χ0v) is 35.1. The molecule has 12 aromatic rings. The Morgan fingerprint density at radius 2 is 1.03 bits per heavy atom. The molecule has 284 valence electrons. The van der Waals surface area contributed by atoms with Crippen LogP contribution in [0.2, 0.25) is 0 Å². The van der Waals surface area contributed by atoms with Crippen molar-refractivity contribution in [2.75, 3.05) is 0 Å². The van der Waals surface area contributed by atoms with E-state index < -0.39 is 0 Å². The minimum Gasteiger partial charge on any atom is -0.307 e. The molecule has 6 aromatic carbocycles. The lowest BCUT2D eigenvalue weighted by atomic mass is 10.1. The van der Waals surface area contributed by atoms with Crippen LogP contribution in [-0.4, -0.2) is 29.1 Å². The molecule has 0 fully saturated rings. The fourth-order valence-electron chi connectivity index (χ4n) is 8.46. The van der Waals surface area contributed by atoms with E-state index >= 15 is 0 Å². The molecule has 0 aliphatic heterocycles. The summed E-state index contributed by atoms with van der Waals surface area (Å²) in [6, 6.07) is 56.9. The van der Waals surface area contributed by atoms with Gasteiger partial charge >= 0.3 is 0 Å². The molecule has 0 saturated heterocycles. The van der Waals surface area contributed by atoms with Gasteiger partial charge in [0.25, 0.3) is 0 Å². The molecule has 0 aliphatic carbocycles. The van der Waals surface area contributed by atoms with Crippen LogP contribution in [0.3, 0.4) is 0 Å². The van der Waals surface area contributed by atoms with Gasteiger partial charge in [-0.3, -0.25) is 19.9 Å². The molecule has 0 amide bonds. The van der Waals surface area contributed by atoms with Crippen LogP contribution in [0.4, 0.5) is 0 Å². The van der Waals surface area contributed by atoms with Crippen molar-refractivity contribution in [1.82, 2.24) is 29.1 Å². The number of halogens is 2. The first-order valence-electron chi connectivity index (χ1n) is 19.6. The minimum atomic E-state index is 0.862. The average Bonchev–Trinajstić information content (AvgIpc) is 3.83. The number of fused-ring (bicyclic) bond motifs is 10. The Morgan fingerprint density at radius 1 is 0.383 bits per heavy atom. The number of nitrogens with zero attached hydrogens (tertiary/aromatic N) is 6. The van der Waals surface area contributed by atoms with Crippen molar-refractivity contribution in [2.24, 2.45) is 0 Å². The van der Waals surface area contributed by atoms with Gasteiger partial charge in [0, 0.05) is 65.4 Å². The molecule has 12 rings (SSSR count). The van der Waals surface area contributed by atoms with Crippen LogP contribution in [-0.2, 0) is 0 Å². The Hall–Kier alpha value is -7.00. The summed E-state index contributed by atoms with van der Waals surface area (Å²) < 4.78 is 6.79. The van der Waals surface area contributed by atoms with Gasteiger partial charge in [-0.2, -0.15) is 0 Å². The highest BCUT2D eigenvalue weighted by molar-refractivity contribution is 9.11. The van der Waals surface area contributed by atoms with Gasteiger partial charge in [0.15, 0.2) is 0 Å².